The summed E-state index contributed by atoms with van der Waals surface area (Å²) in [6.07, 6.45) is 0. The number of nitrogens with zero attached hydrogens (tertiary/aromatic N) is 2. The first-order valence-corrected chi connectivity index (χ1v) is 6.08. The van der Waals surface area contributed by atoms with Gasteiger partial charge in [0.15, 0.2) is 5.71 Å². The van der Waals surface area contributed by atoms with Gasteiger partial charge in [0.25, 0.3) is 5.91 Å². The molecule has 0 atom stereocenters. The number of fused-ring (bicyclic) bond motifs is 1. The van der Waals surface area contributed by atoms with Crippen LogP contribution < -0.4 is 4.90 Å². The highest BCUT2D eigenvalue weighted by Gasteiger charge is 2.34. The molecular formula is C15H11FN2O2. The number of amides is 1. The lowest BCUT2D eigenvalue weighted by atomic mass is 10.1. The van der Waals surface area contributed by atoms with Gasteiger partial charge in [-0.1, -0.05) is 35.5 Å². The van der Waals surface area contributed by atoms with E-state index in [-0.39, 0.29) is 5.71 Å². The normalized spacial score (nSPS) is 15.8. The molecule has 0 bridgehead atoms. The molecule has 0 aromatic heterocycles. The molecule has 1 N–H and O–H groups in total. The summed E-state index contributed by atoms with van der Waals surface area (Å²) in [6, 6.07) is 13.4. The Morgan fingerprint density at radius 3 is 2.60 bits per heavy atom. The first-order valence-electron chi connectivity index (χ1n) is 6.08. The van der Waals surface area contributed by atoms with E-state index in [1.165, 1.54) is 23.1 Å². The van der Waals surface area contributed by atoms with E-state index in [2.05, 4.69) is 5.16 Å². The number of anilines is 1. The number of oxime groups is 1. The van der Waals surface area contributed by atoms with E-state index in [9.17, 15) is 9.18 Å². The average molecular weight is 270 g/mol. The molecule has 1 aliphatic heterocycles. The minimum atomic E-state index is -0.473. The highest BCUT2D eigenvalue weighted by Crippen LogP contribution is 2.31. The van der Waals surface area contributed by atoms with Gasteiger partial charge >= 0.3 is 0 Å². The Hall–Kier alpha value is -2.69. The molecule has 0 radical (unpaired) electrons. The lowest BCUT2D eigenvalue weighted by Crippen LogP contribution is -2.29. The maximum atomic E-state index is 13.3. The van der Waals surface area contributed by atoms with Crippen molar-refractivity contribution in [2.24, 2.45) is 5.16 Å². The smallest absolute Gasteiger partial charge is 0.281 e. The molecule has 4 nitrogen and oxygen atoms in total. The predicted molar refractivity (Wildman–Crippen MR) is 72.4 cm³/mol. The van der Waals surface area contributed by atoms with Crippen molar-refractivity contribution in [1.82, 2.24) is 0 Å². The molecule has 2 aromatic rings. The van der Waals surface area contributed by atoms with E-state index in [0.717, 1.165) is 5.56 Å². The molecule has 0 aliphatic carbocycles. The first-order chi connectivity index (χ1) is 9.70. The monoisotopic (exact) mass is 270 g/mol. The second-order valence-electron chi connectivity index (χ2n) is 4.49. The van der Waals surface area contributed by atoms with Crippen LogP contribution in [0.5, 0.6) is 0 Å². The third kappa shape index (κ3) is 1.93. The molecule has 0 spiro atoms. The largest absolute Gasteiger partial charge is 0.410 e. The summed E-state index contributed by atoms with van der Waals surface area (Å²) < 4.78 is 13.3. The molecule has 1 aliphatic rings. The van der Waals surface area contributed by atoms with Crippen molar-refractivity contribution in [3.05, 3.63) is 65.5 Å². The van der Waals surface area contributed by atoms with Gasteiger partial charge in [0, 0.05) is 5.56 Å². The molecule has 100 valence electrons. The Morgan fingerprint density at radius 1 is 1.15 bits per heavy atom. The van der Waals surface area contributed by atoms with Crippen LogP contribution in [0.4, 0.5) is 10.1 Å². The van der Waals surface area contributed by atoms with Gasteiger partial charge in [-0.05, 0) is 23.8 Å². The van der Waals surface area contributed by atoms with Crippen LogP contribution >= 0.6 is 0 Å². The first kappa shape index (κ1) is 12.3. The average Bonchev–Trinajstić information content (AvgIpc) is 2.71. The highest BCUT2D eigenvalue weighted by atomic mass is 19.1. The molecule has 3 rings (SSSR count). The van der Waals surface area contributed by atoms with Crippen molar-refractivity contribution in [3.63, 3.8) is 0 Å². The molecule has 20 heavy (non-hydrogen) atoms. The Labute approximate surface area is 114 Å². The lowest BCUT2D eigenvalue weighted by Gasteiger charge is -2.16. The summed E-state index contributed by atoms with van der Waals surface area (Å²) in [5.41, 5.74) is 1.67. The molecular weight excluding hydrogens is 259 g/mol. The molecule has 1 amide bonds. The van der Waals surface area contributed by atoms with E-state index < -0.39 is 11.7 Å². The number of hydrogen-bond donors (Lipinski definition) is 1. The second kappa shape index (κ2) is 4.77. The van der Waals surface area contributed by atoms with Crippen molar-refractivity contribution in [3.8, 4) is 0 Å². The third-order valence-electron chi connectivity index (χ3n) is 3.24. The lowest BCUT2D eigenvalue weighted by molar-refractivity contribution is -0.112. The van der Waals surface area contributed by atoms with E-state index in [4.69, 9.17) is 5.21 Å². The minimum absolute atomic E-state index is 0.129. The molecule has 2 aromatic carbocycles. The van der Waals surface area contributed by atoms with Crippen molar-refractivity contribution in [2.45, 2.75) is 6.54 Å². The molecule has 0 unspecified atom stereocenters. The Balaban J connectivity index is 2.03. The summed E-state index contributed by atoms with van der Waals surface area (Å²) in [4.78, 5) is 13.7. The summed E-state index contributed by atoms with van der Waals surface area (Å²) in [5, 5.41) is 12.0. The summed E-state index contributed by atoms with van der Waals surface area (Å²) in [5.74, 6) is -0.906. The standard InChI is InChI=1S/C15H11FN2O2/c16-11-6-7-13-12(8-11)14(17-20)15(19)18(13)9-10-4-2-1-3-5-10/h1-8,20H,9H2/b17-14-. The van der Waals surface area contributed by atoms with Crippen LogP contribution in [0, 0.1) is 5.82 Å². The van der Waals surface area contributed by atoms with Gasteiger partial charge < -0.3 is 10.1 Å². The van der Waals surface area contributed by atoms with E-state index >= 15 is 0 Å². The highest BCUT2D eigenvalue weighted by molar-refractivity contribution is 6.54. The van der Waals surface area contributed by atoms with Gasteiger partial charge in [-0.25, -0.2) is 4.39 Å². The zero-order valence-electron chi connectivity index (χ0n) is 10.5. The Kier molecular flexibility index (Phi) is 2.95. The van der Waals surface area contributed by atoms with Gasteiger partial charge in [0.05, 0.1) is 12.2 Å². The maximum Gasteiger partial charge on any atom is 0.281 e. The molecule has 0 saturated carbocycles. The minimum Gasteiger partial charge on any atom is -0.410 e. The van der Waals surface area contributed by atoms with Crippen molar-refractivity contribution in [1.29, 1.82) is 0 Å². The fourth-order valence-corrected chi connectivity index (χ4v) is 2.31. The fraction of sp³-hybridized carbons (Fsp3) is 0.0667. The topological polar surface area (TPSA) is 52.9 Å². The van der Waals surface area contributed by atoms with Crippen molar-refractivity contribution >= 4 is 17.3 Å². The van der Waals surface area contributed by atoms with Gasteiger partial charge in [-0.15, -0.1) is 0 Å². The quantitative estimate of drug-likeness (QED) is 0.673. The zero-order valence-corrected chi connectivity index (χ0v) is 10.5. The number of hydrogen-bond acceptors (Lipinski definition) is 3. The molecule has 5 heteroatoms. The number of halogens is 1. The number of carbonyl (C=O) groups is 1. The SMILES string of the molecule is O=C1/C(=N\O)c2cc(F)ccc2N1Cc1ccccc1. The van der Waals surface area contributed by atoms with Crippen LogP contribution in [0.2, 0.25) is 0 Å². The number of rotatable bonds is 2. The van der Waals surface area contributed by atoms with E-state index in [1.54, 1.807) is 0 Å². The van der Waals surface area contributed by atoms with Crippen LogP contribution in [0.25, 0.3) is 0 Å². The Morgan fingerprint density at radius 2 is 1.90 bits per heavy atom. The summed E-state index contributed by atoms with van der Waals surface area (Å²) in [6.45, 7) is 0.345. The second-order valence-corrected chi connectivity index (χ2v) is 4.49. The summed E-state index contributed by atoms with van der Waals surface area (Å²) >= 11 is 0. The van der Waals surface area contributed by atoms with Crippen LogP contribution in [-0.4, -0.2) is 16.8 Å². The molecule has 0 fully saturated rings. The number of benzene rings is 2. The van der Waals surface area contributed by atoms with Crippen LogP contribution in [-0.2, 0) is 11.3 Å². The molecule has 0 saturated heterocycles. The van der Waals surface area contributed by atoms with Gasteiger partial charge in [-0.3, -0.25) is 4.79 Å². The van der Waals surface area contributed by atoms with Crippen molar-refractivity contribution in [2.75, 3.05) is 4.90 Å². The van der Waals surface area contributed by atoms with Gasteiger partial charge in [-0.2, -0.15) is 0 Å². The van der Waals surface area contributed by atoms with Crippen LogP contribution in [0.1, 0.15) is 11.1 Å². The number of carbonyl (C=O) groups excluding carboxylic acids is 1. The van der Waals surface area contributed by atoms with Crippen LogP contribution in [0.3, 0.4) is 0 Å². The predicted octanol–water partition coefficient (Wildman–Crippen LogP) is 2.55. The third-order valence-corrected chi connectivity index (χ3v) is 3.24. The van der Waals surface area contributed by atoms with Crippen LogP contribution in [0.15, 0.2) is 53.7 Å². The Bertz CT molecular complexity index is 698. The fourth-order valence-electron chi connectivity index (χ4n) is 2.31. The van der Waals surface area contributed by atoms with Gasteiger partial charge in [0.2, 0.25) is 0 Å². The van der Waals surface area contributed by atoms with E-state index in [1.807, 2.05) is 30.3 Å². The van der Waals surface area contributed by atoms with Crippen molar-refractivity contribution < 1.29 is 14.4 Å². The molecule has 1 heterocycles. The van der Waals surface area contributed by atoms with Gasteiger partial charge in [0.1, 0.15) is 5.82 Å². The zero-order chi connectivity index (χ0) is 14.1. The maximum absolute atomic E-state index is 13.3. The van der Waals surface area contributed by atoms with E-state index in [0.29, 0.717) is 17.8 Å². The summed E-state index contributed by atoms with van der Waals surface area (Å²) in [7, 11) is 0.